The van der Waals surface area contributed by atoms with Crippen molar-refractivity contribution >= 4 is 17.7 Å². The van der Waals surface area contributed by atoms with Crippen molar-refractivity contribution in [3.05, 3.63) is 5.89 Å². The molecule has 1 aromatic rings. The molecule has 4 fully saturated rings. The van der Waals surface area contributed by atoms with Crippen LogP contribution in [0.4, 0.5) is 0 Å². The van der Waals surface area contributed by atoms with E-state index in [-0.39, 0.29) is 11.3 Å². The van der Waals surface area contributed by atoms with Crippen molar-refractivity contribution in [2.24, 2.45) is 23.7 Å². The minimum absolute atomic E-state index is 0.0644. The Bertz CT molecular complexity index is 639. The zero-order chi connectivity index (χ0) is 19.6. The highest BCUT2D eigenvalue weighted by Gasteiger charge is 2.54. The Labute approximate surface area is 173 Å². The summed E-state index contributed by atoms with van der Waals surface area (Å²) < 4.78 is 6.08. The number of rotatable bonds is 10. The van der Waals surface area contributed by atoms with E-state index in [1.165, 1.54) is 69.5 Å². The zero-order valence-corrected chi connectivity index (χ0v) is 18.2. The Morgan fingerprint density at radius 3 is 2.46 bits per heavy atom. The molecule has 5 rings (SSSR count). The number of amides is 1. The molecule has 4 bridgehead atoms. The molecule has 1 heterocycles. The summed E-state index contributed by atoms with van der Waals surface area (Å²) in [6, 6.07) is 0. The van der Waals surface area contributed by atoms with Crippen molar-refractivity contribution in [1.82, 2.24) is 15.5 Å². The van der Waals surface area contributed by atoms with Gasteiger partial charge < -0.3 is 9.73 Å². The molecule has 1 atom stereocenters. The summed E-state index contributed by atoms with van der Waals surface area (Å²) in [7, 11) is 0. The van der Waals surface area contributed by atoms with Crippen LogP contribution >= 0.6 is 11.8 Å². The van der Waals surface area contributed by atoms with E-state index in [1.54, 1.807) is 0 Å². The van der Waals surface area contributed by atoms with Gasteiger partial charge in [-0.2, -0.15) is 0 Å². The first kappa shape index (κ1) is 20.2. The summed E-state index contributed by atoms with van der Waals surface area (Å²) in [5.41, 5.74) is 0.135. The average Bonchev–Trinajstić information content (AvgIpc) is 3.15. The molecule has 156 valence electrons. The summed E-state index contributed by atoms with van der Waals surface area (Å²) in [6.45, 7) is 5.19. The Balaban J connectivity index is 1.27. The van der Waals surface area contributed by atoms with Gasteiger partial charge in [-0.3, -0.25) is 4.79 Å². The van der Waals surface area contributed by atoms with Gasteiger partial charge in [0.05, 0.1) is 5.75 Å². The van der Waals surface area contributed by atoms with E-state index in [0.29, 0.717) is 16.9 Å². The fourth-order valence-electron chi connectivity index (χ4n) is 6.23. The van der Waals surface area contributed by atoms with Crippen molar-refractivity contribution < 1.29 is 9.21 Å². The molecule has 4 aliphatic carbocycles. The molecule has 1 aromatic heterocycles. The van der Waals surface area contributed by atoms with Crippen LogP contribution in [0.3, 0.4) is 0 Å². The number of hydrogen-bond donors (Lipinski definition) is 1. The molecule has 5 nitrogen and oxygen atoms in total. The number of hydrogen-bond acceptors (Lipinski definition) is 5. The Morgan fingerprint density at radius 2 is 1.86 bits per heavy atom. The highest BCUT2D eigenvalue weighted by atomic mass is 32.2. The van der Waals surface area contributed by atoms with Crippen molar-refractivity contribution in [3.8, 4) is 0 Å². The molecule has 0 unspecified atom stereocenters. The molecule has 6 heteroatoms. The van der Waals surface area contributed by atoms with Crippen molar-refractivity contribution in [2.75, 3.05) is 12.3 Å². The lowest BCUT2D eigenvalue weighted by Crippen LogP contribution is -2.48. The highest BCUT2D eigenvalue weighted by Crippen LogP contribution is 2.60. The van der Waals surface area contributed by atoms with Gasteiger partial charge in [0, 0.05) is 12.0 Å². The fourth-order valence-corrected chi connectivity index (χ4v) is 6.83. The molecule has 0 radical (unpaired) electrons. The number of carbonyl (C=O) groups is 1. The maximum Gasteiger partial charge on any atom is 0.277 e. The topological polar surface area (TPSA) is 68.0 Å². The van der Waals surface area contributed by atoms with Gasteiger partial charge in [-0.05, 0) is 68.6 Å². The molecule has 0 spiro atoms. The van der Waals surface area contributed by atoms with E-state index in [4.69, 9.17) is 4.42 Å². The largest absolute Gasteiger partial charge is 0.415 e. The quantitative estimate of drug-likeness (QED) is 0.557. The average molecular weight is 406 g/mol. The van der Waals surface area contributed by atoms with Gasteiger partial charge in [0.2, 0.25) is 11.8 Å². The van der Waals surface area contributed by atoms with Crippen LogP contribution in [0.25, 0.3) is 0 Å². The molecule has 0 saturated heterocycles. The molecule has 4 aliphatic rings. The van der Waals surface area contributed by atoms with E-state index in [1.807, 2.05) is 0 Å². The Hall–Kier alpha value is -1.04. The summed E-state index contributed by atoms with van der Waals surface area (Å²) in [4.78, 5) is 12.2. The molecular weight excluding hydrogens is 370 g/mol. The van der Waals surface area contributed by atoms with E-state index in [0.717, 1.165) is 36.6 Å². The van der Waals surface area contributed by atoms with Crippen LogP contribution in [0, 0.1) is 23.7 Å². The molecule has 1 amide bonds. The van der Waals surface area contributed by atoms with E-state index < -0.39 is 0 Å². The normalized spacial score (nSPS) is 31.9. The number of carbonyl (C=O) groups excluding carboxylic acids is 1. The minimum Gasteiger partial charge on any atom is -0.415 e. The van der Waals surface area contributed by atoms with Crippen LogP contribution < -0.4 is 5.32 Å². The van der Waals surface area contributed by atoms with Crippen LogP contribution in [0.15, 0.2) is 9.64 Å². The lowest BCUT2D eigenvalue weighted by molar-refractivity contribution is -0.118. The van der Waals surface area contributed by atoms with Crippen LogP contribution in [0.5, 0.6) is 0 Å². The monoisotopic (exact) mass is 405 g/mol. The lowest BCUT2D eigenvalue weighted by Gasteiger charge is -2.55. The first-order valence-corrected chi connectivity index (χ1v) is 12.3. The number of unbranched alkanes of at least 4 members (excludes halogenated alkanes) is 1. The third-order valence-corrected chi connectivity index (χ3v) is 8.17. The van der Waals surface area contributed by atoms with Gasteiger partial charge in [0.25, 0.3) is 5.22 Å². The smallest absolute Gasteiger partial charge is 0.277 e. The third kappa shape index (κ3) is 4.42. The first-order valence-electron chi connectivity index (χ1n) is 11.3. The molecule has 28 heavy (non-hydrogen) atoms. The second-order valence-electron chi connectivity index (χ2n) is 9.58. The second kappa shape index (κ2) is 8.76. The minimum atomic E-state index is 0.0644. The highest BCUT2D eigenvalue weighted by molar-refractivity contribution is 7.99. The van der Waals surface area contributed by atoms with Gasteiger partial charge in [-0.25, -0.2) is 0 Å². The number of nitrogens with one attached hydrogen (secondary N) is 1. The zero-order valence-electron chi connectivity index (χ0n) is 17.4. The van der Waals surface area contributed by atoms with Gasteiger partial charge in [0.1, 0.15) is 0 Å². The third-order valence-electron chi connectivity index (χ3n) is 7.36. The summed E-state index contributed by atoms with van der Waals surface area (Å²) >= 11 is 1.38. The molecule has 0 aromatic carbocycles. The van der Waals surface area contributed by atoms with Crippen molar-refractivity contribution in [3.63, 3.8) is 0 Å². The van der Waals surface area contributed by atoms with Crippen molar-refractivity contribution in [1.29, 1.82) is 0 Å². The van der Waals surface area contributed by atoms with E-state index in [9.17, 15) is 4.79 Å². The summed E-state index contributed by atoms with van der Waals surface area (Å²) in [5, 5.41) is 12.3. The van der Waals surface area contributed by atoms with Crippen LogP contribution in [0.2, 0.25) is 0 Å². The van der Waals surface area contributed by atoms with Crippen LogP contribution in [-0.4, -0.2) is 28.4 Å². The molecule has 1 N–H and O–H groups in total. The standard InChI is InChI=1S/C22H35N3O2S/c1-3-5-6-15(4-2)13-23-19(26)14-28-21-25-24-20(27-21)22-10-16-7-17(11-22)9-18(8-16)12-22/h15-18H,3-14H2,1-2H3,(H,23,26)/t15-,16?,17?,18?,22?/m0/s1. The van der Waals surface area contributed by atoms with Gasteiger partial charge >= 0.3 is 0 Å². The van der Waals surface area contributed by atoms with E-state index in [2.05, 4.69) is 29.4 Å². The molecule has 4 saturated carbocycles. The number of thioether (sulfide) groups is 1. The molecule has 0 aliphatic heterocycles. The lowest BCUT2D eigenvalue weighted by atomic mass is 9.49. The fraction of sp³-hybridized carbons (Fsp3) is 0.864. The SMILES string of the molecule is CCCC[C@H](CC)CNC(=O)CSc1nnc(C23CC4CC(CC(C4)C2)C3)o1. The predicted molar refractivity (Wildman–Crippen MR) is 111 cm³/mol. The second-order valence-corrected chi connectivity index (χ2v) is 10.5. The Morgan fingerprint density at radius 1 is 1.18 bits per heavy atom. The summed E-state index contributed by atoms with van der Waals surface area (Å²) in [6.07, 6.45) is 12.7. The van der Waals surface area contributed by atoms with Crippen LogP contribution in [-0.2, 0) is 10.2 Å². The van der Waals surface area contributed by atoms with Gasteiger partial charge in [-0.15, -0.1) is 10.2 Å². The van der Waals surface area contributed by atoms with Gasteiger partial charge in [-0.1, -0.05) is 44.9 Å². The van der Waals surface area contributed by atoms with Gasteiger partial charge in [0.15, 0.2) is 0 Å². The van der Waals surface area contributed by atoms with E-state index >= 15 is 0 Å². The maximum absolute atomic E-state index is 12.2. The molecular formula is C22H35N3O2S. The number of nitrogens with zero attached hydrogens (tertiary/aromatic N) is 2. The maximum atomic E-state index is 12.2. The van der Waals surface area contributed by atoms with Crippen molar-refractivity contribution in [2.45, 2.75) is 88.7 Å². The number of aromatic nitrogens is 2. The predicted octanol–water partition coefficient (Wildman–Crippen LogP) is 4.96. The Kier molecular flexibility index (Phi) is 6.34. The first-order chi connectivity index (χ1) is 13.6. The van der Waals surface area contributed by atoms with Crippen LogP contribution in [0.1, 0.15) is 83.9 Å². The summed E-state index contributed by atoms with van der Waals surface area (Å²) in [5.74, 6) is 4.43.